The third kappa shape index (κ3) is 5.28. The Bertz CT molecular complexity index is 793. The summed E-state index contributed by atoms with van der Waals surface area (Å²) in [5, 5.41) is 5.80. The van der Waals surface area contributed by atoms with Crippen LogP contribution < -0.4 is 15.5 Å². The van der Waals surface area contributed by atoms with Gasteiger partial charge < -0.3 is 20.3 Å². The second-order valence-electron chi connectivity index (χ2n) is 6.10. The zero-order valence-electron chi connectivity index (χ0n) is 15.1. The predicted octanol–water partition coefficient (Wildman–Crippen LogP) is 0.639. The number of nitrogens with zero attached hydrogens (tertiary/aromatic N) is 4. The lowest BCUT2D eigenvalue weighted by atomic mass is 10.2. The topological polar surface area (TPSA) is 109 Å². The summed E-state index contributed by atoms with van der Waals surface area (Å²) in [6.45, 7) is 4.74. The third-order valence-electron chi connectivity index (χ3n) is 4.09. The number of pyridine rings is 1. The van der Waals surface area contributed by atoms with Crippen LogP contribution in [0.4, 0.5) is 11.4 Å². The molecule has 27 heavy (non-hydrogen) atoms. The van der Waals surface area contributed by atoms with E-state index in [9.17, 15) is 9.59 Å². The molecule has 0 atom stereocenters. The van der Waals surface area contributed by atoms with Crippen molar-refractivity contribution in [1.29, 1.82) is 0 Å². The number of hydrogen-bond donors (Lipinski definition) is 2. The minimum absolute atomic E-state index is 0.0864. The predicted molar refractivity (Wildman–Crippen MR) is 99.6 cm³/mol. The first-order chi connectivity index (χ1) is 13.1. The van der Waals surface area contributed by atoms with E-state index in [1.54, 1.807) is 24.5 Å². The van der Waals surface area contributed by atoms with E-state index in [4.69, 9.17) is 4.74 Å². The van der Waals surface area contributed by atoms with Gasteiger partial charge in [0, 0.05) is 32.8 Å². The van der Waals surface area contributed by atoms with Crippen molar-refractivity contribution >= 4 is 23.1 Å². The molecule has 0 bridgehead atoms. The normalized spacial score (nSPS) is 14.0. The quantitative estimate of drug-likeness (QED) is 0.684. The first-order valence-electron chi connectivity index (χ1n) is 8.72. The molecule has 1 saturated heterocycles. The van der Waals surface area contributed by atoms with Gasteiger partial charge >= 0.3 is 0 Å². The van der Waals surface area contributed by atoms with Crippen LogP contribution in [0.2, 0.25) is 0 Å². The smallest absolute Gasteiger partial charge is 0.238 e. The average molecular weight is 370 g/mol. The van der Waals surface area contributed by atoms with Crippen LogP contribution in [0.15, 0.2) is 30.9 Å². The average Bonchev–Trinajstić information content (AvgIpc) is 2.69. The van der Waals surface area contributed by atoms with Gasteiger partial charge in [0.15, 0.2) is 5.78 Å². The van der Waals surface area contributed by atoms with E-state index >= 15 is 0 Å². The lowest BCUT2D eigenvalue weighted by molar-refractivity contribution is -0.115. The lowest BCUT2D eigenvalue weighted by Gasteiger charge is -2.29. The number of hydrogen-bond acceptors (Lipinski definition) is 8. The van der Waals surface area contributed by atoms with Crippen LogP contribution >= 0.6 is 0 Å². The molecule has 0 aliphatic carbocycles. The van der Waals surface area contributed by atoms with Gasteiger partial charge in [-0.3, -0.25) is 9.59 Å². The molecule has 2 aromatic heterocycles. The summed E-state index contributed by atoms with van der Waals surface area (Å²) in [6.07, 6.45) is 4.76. The Balaban J connectivity index is 1.64. The highest BCUT2D eigenvalue weighted by atomic mass is 16.5. The van der Waals surface area contributed by atoms with Crippen LogP contribution in [0.5, 0.6) is 0 Å². The summed E-state index contributed by atoms with van der Waals surface area (Å²) in [5.74, 6) is -0.458. The van der Waals surface area contributed by atoms with Crippen LogP contribution in [0.25, 0.3) is 0 Å². The summed E-state index contributed by atoms with van der Waals surface area (Å²) in [4.78, 5) is 38.4. The Morgan fingerprint density at radius 1 is 1.26 bits per heavy atom. The molecule has 0 spiro atoms. The molecule has 0 unspecified atom stereocenters. The maximum atomic E-state index is 12.3. The standard InChI is InChI=1S/C18H22N6O3/c1-13(25)18-16(8-15(10-21-18)24-4-6-27-7-5-24)23-17(26)11-20-9-14-2-3-19-12-22-14/h2-3,8,10,12,20H,4-7,9,11H2,1H3,(H,23,26). The first kappa shape index (κ1) is 18.9. The molecule has 2 aromatic rings. The van der Waals surface area contributed by atoms with Gasteiger partial charge in [-0.1, -0.05) is 0 Å². The van der Waals surface area contributed by atoms with Crippen molar-refractivity contribution < 1.29 is 14.3 Å². The minimum atomic E-state index is -0.257. The van der Waals surface area contributed by atoms with Gasteiger partial charge in [-0.15, -0.1) is 0 Å². The highest BCUT2D eigenvalue weighted by Gasteiger charge is 2.17. The minimum Gasteiger partial charge on any atom is -0.378 e. The number of ketones is 1. The van der Waals surface area contributed by atoms with Gasteiger partial charge in [0.05, 0.1) is 43.0 Å². The molecule has 0 radical (unpaired) electrons. The van der Waals surface area contributed by atoms with Crippen molar-refractivity contribution in [1.82, 2.24) is 20.3 Å². The van der Waals surface area contributed by atoms with E-state index in [2.05, 4.69) is 30.5 Å². The maximum Gasteiger partial charge on any atom is 0.238 e. The number of nitrogens with one attached hydrogen (secondary N) is 2. The number of carbonyl (C=O) groups is 2. The fourth-order valence-electron chi connectivity index (χ4n) is 2.75. The van der Waals surface area contributed by atoms with Gasteiger partial charge in [-0.05, 0) is 12.1 Å². The summed E-state index contributed by atoms with van der Waals surface area (Å²) >= 11 is 0. The summed E-state index contributed by atoms with van der Waals surface area (Å²) < 4.78 is 5.36. The van der Waals surface area contributed by atoms with E-state index in [0.717, 1.165) is 24.5 Å². The number of aromatic nitrogens is 3. The van der Waals surface area contributed by atoms with Gasteiger partial charge in [-0.25, -0.2) is 15.0 Å². The second kappa shape index (κ2) is 9.15. The molecule has 1 fully saturated rings. The molecule has 1 aliphatic heterocycles. The molecule has 1 amide bonds. The zero-order valence-corrected chi connectivity index (χ0v) is 15.1. The Morgan fingerprint density at radius 3 is 2.78 bits per heavy atom. The van der Waals surface area contributed by atoms with E-state index < -0.39 is 0 Å². The third-order valence-corrected chi connectivity index (χ3v) is 4.09. The van der Waals surface area contributed by atoms with Crippen LogP contribution in [0.3, 0.4) is 0 Å². The lowest BCUT2D eigenvalue weighted by Crippen LogP contribution is -2.36. The number of Topliss-reactive ketones (excluding diaryl/α,β-unsaturated/α-hetero) is 1. The Labute approximate surface area is 157 Å². The summed E-state index contributed by atoms with van der Waals surface area (Å²) in [5.41, 5.74) is 2.31. The Kier molecular flexibility index (Phi) is 6.39. The van der Waals surface area contributed by atoms with Gasteiger partial charge in [0.2, 0.25) is 5.91 Å². The molecular weight excluding hydrogens is 348 g/mol. The number of rotatable bonds is 7. The molecule has 3 heterocycles. The highest BCUT2D eigenvalue weighted by molar-refractivity contribution is 6.03. The molecular formula is C18H22N6O3. The summed E-state index contributed by atoms with van der Waals surface area (Å²) in [7, 11) is 0. The number of amides is 1. The molecule has 9 nitrogen and oxygen atoms in total. The van der Waals surface area contributed by atoms with Crippen molar-refractivity contribution in [3.8, 4) is 0 Å². The number of ether oxygens (including phenoxy) is 1. The van der Waals surface area contributed by atoms with Gasteiger partial charge in [0.25, 0.3) is 0 Å². The van der Waals surface area contributed by atoms with Gasteiger partial charge in [-0.2, -0.15) is 0 Å². The molecule has 9 heteroatoms. The second-order valence-corrected chi connectivity index (χ2v) is 6.10. The SMILES string of the molecule is CC(=O)c1ncc(N2CCOCC2)cc1NC(=O)CNCc1ccncn1. The fraction of sp³-hybridized carbons (Fsp3) is 0.389. The summed E-state index contributed by atoms with van der Waals surface area (Å²) in [6, 6.07) is 3.56. The van der Waals surface area contributed by atoms with Crippen LogP contribution in [0, 0.1) is 0 Å². The van der Waals surface area contributed by atoms with Gasteiger partial charge in [0.1, 0.15) is 12.0 Å². The number of carbonyl (C=O) groups excluding carboxylic acids is 2. The highest BCUT2D eigenvalue weighted by Crippen LogP contribution is 2.23. The fourth-order valence-corrected chi connectivity index (χ4v) is 2.75. The molecule has 2 N–H and O–H groups in total. The Hall–Kier alpha value is -2.91. The van der Waals surface area contributed by atoms with Crippen molar-refractivity contribution in [3.05, 3.63) is 42.2 Å². The number of morpholine rings is 1. The monoisotopic (exact) mass is 370 g/mol. The molecule has 0 aromatic carbocycles. The molecule has 1 aliphatic rings. The van der Waals surface area contributed by atoms with E-state index in [-0.39, 0.29) is 23.9 Å². The zero-order chi connectivity index (χ0) is 19.1. The van der Waals surface area contributed by atoms with E-state index in [1.807, 2.05) is 0 Å². The van der Waals surface area contributed by atoms with Crippen molar-refractivity contribution in [3.63, 3.8) is 0 Å². The van der Waals surface area contributed by atoms with Crippen LogP contribution in [-0.2, 0) is 16.1 Å². The number of anilines is 2. The molecule has 3 rings (SSSR count). The van der Waals surface area contributed by atoms with Crippen molar-refractivity contribution in [2.24, 2.45) is 0 Å². The maximum absolute atomic E-state index is 12.3. The Morgan fingerprint density at radius 2 is 2.07 bits per heavy atom. The van der Waals surface area contributed by atoms with Crippen molar-refractivity contribution in [2.75, 3.05) is 43.1 Å². The molecule has 0 saturated carbocycles. The van der Waals surface area contributed by atoms with Crippen LogP contribution in [0.1, 0.15) is 23.1 Å². The van der Waals surface area contributed by atoms with E-state index in [0.29, 0.717) is 25.4 Å². The molecule has 142 valence electrons. The van der Waals surface area contributed by atoms with Crippen LogP contribution in [-0.4, -0.2) is 59.5 Å². The first-order valence-corrected chi connectivity index (χ1v) is 8.72. The van der Waals surface area contributed by atoms with E-state index in [1.165, 1.54) is 13.3 Å². The largest absolute Gasteiger partial charge is 0.378 e. The van der Waals surface area contributed by atoms with Crippen molar-refractivity contribution in [2.45, 2.75) is 13.5 Å².